The first-order valence-electron chi connectivity index (χ1n) is 9.10. The molecule has 7 heteroatoms. The number of pyridine rings is 1. The molecule has 2 aromatic heterocycles. The van der Waals surface area contributed by atoms with Crippen LogP contribution in [0.5, 0.6) is 0 Å². The van der Waals surface area contributed by atoms with Gasteiger partial charge in [0.2, 0.25) is 0 Å². The van der Waals surface area contributed by atoms with E-state index in [9.17, 15) is 4.79 Å². The Hall–Kier alpha value is -2.38. The third kappa shape index (κ3) is 4.31. The van der Waals surface area contributed by atoms with Gasteiger partial charge in [0.1, 0.15) is 5.82 Å². The summed E-state index contributed by atoms with van der Waals surface area (Å²) in [6.07, 6.45) is 3.88. The second kappa shape index (κ2) is 8.10. The number of aryl methyl sites for hydroxylation is 1. The van der Waals surface area contributed by atoms with Crippen LogP contribution >= 0.6 is 11.8 Å². The van der Waals surface area contributed by atoms with Crippen LogP contribution < -0.4 is 10.9 Å². The Labute approximate surface area is 161 Å². The standard InChI is InChI=1S/C20H22N4O2S/c1-13-17(3-2-8-21-13)22-14-4-5-16-18(11-14)23-19(24-20(16)25)12-27-15-6-9-26-10-7-15/h2-5,8,11,15,22H,6-7,9-10,12H2,1H3,(H,23,24,25). The quantitative estimate of drug-likeness (QED) is 0.699. The number of aromatic amines is 1. The van der Waals surface area contributed by atoms with E-state index in [1.54, 1.807) is 6.20 Å². The fourth-order valence-corrected chi connectivity index (χ4v) is 4.20. The number of rotatable bonds is 5. The van der Waals surface area contributed by atoms with E-state index >= 15 is 0 Å². The molecule has 4 rings (SSSR count). The molecular weight excluding hydrogens is 360 g/mol. The number of aromatic nitrogens is 3. The molecular formula is C20H22N4O2S. The third-order valence-electron chi connectivity index (χ3n) is 4.67. The normalized spacial score (nSPS) is 15.1. The van der Waals surface area contributed by atoms with Crippen LogP contribution in [0.3, 0.4) is 0 Å². The lowest BCUT2D eigenvalue weighted by Crippen LogP contribution is -2.18. The van der Waals surface area contributed by atoms with Crippen LogP contribution in [0, 0.1) is 6.92 Å². The highest BCUT2D eigenvalue weighted by Crippen LogP contribution is 2.25. The Morgan fingerprint density at radius 3 is 2.96 bits per heavy atom. The molecule has 27 heavy (non-hydrogen) atoms. The maximum Gasteiger partial charge on any atom is 0.258 e. The lowest BCUT2D eigenvalue weighted by molar-refractivity contribution is 0.1000. The minimum Gasteiger partial charge on any atom is -0.381 e. The van der Waals surface area contributed by atoms with Gasteiger partial charge in [0, 0.05) is 30.3 Å². The Kier molecular flexibility index (Phi) is 5.40. The molecule has 0 saturated carbocycles. The van der Waals surface area contributed by atoms with Crippen LogP contribution in [0.1, 0.15) is 24.4 Å². The molecule has 1 aliphatic heterocycles. The fourth-order valence-electron chi connectivity index (χ4n) is 3.15. The number of thioether (sulfide) groups is 1. The second-order valence-electron chi connectivity index (χ2n) is 6.63. The molecule has 0 spiro atoms. The molecule has 0 bridgehead atoms. The van der Waals surface area contributed by atoms with Crippen molar-refractivity contribution in [3.05, 3.63) is 58.4 Å². The summed E-state index contributed by atoms with van der Waals surface area (Å²) in [7, 11) is 0. The molecule has 2 N–H and O–H groups in total. The molecule has 1 saturated heterocycles. The van der Waals surface area contributed by atoms with E-state index in [-0.39, 0.29) is 5.56 Å². The van der Waals surface area contributed by atoms with Crippen molar-refractivity contribution in [2.24, 2.45) is 0 Å². The van der Waals surface area contributed by atoms with Crippen molar-refractivity contribution in [1.29, 1.82) is 0 Å². The average molecular weight is 382 g/mol. The minimum atomic E-state index is -0.0910. The molecule has 6 nitrogen and oxygen atoms in total. The summed E-state index contributed by atoms with van der Waals surface area (Å²) in [5.41, 5.74) is 3.36. The van der Waals surface area contributed by atoms with Gasteiger partial charge < -0.3 is 15.0 Å². The van der Waals surface area contributed by atoms with Crippen molar-refractivity contribution < 1.29 is 4.74 Å². The summed E-state index contributed by atoms with van der Waals surface area (Å²) in [5, 5.41) is 4.52. The van der Waals surface area contributed by atoms with Crippen molar-refractivity contribution in [3.63, 3.8) is 0 Å². The van der Waals surface area contributed by atoms with Crippen molar-refractivity contribution in [3.8, 4) is 0 Å². The number of fused-ring (bicyclic) bond motifs is 1. The highest BCUT2D eigenvalue weighted by atomic mass is 32.2. The molecule has 0 aliphatic carbocycles. The largest absolute Gasteiger partial charge is 0.381 e. The lowest BCUT2D eigenvalue weighted by Gasteiger charge is -2.21. The average Bonchev–Trinajstić information content (AvgIpc) is 2.69. The minimum absolute atomic E-state index is 0.0910. The summed E-state index contributed by atoms with van der Waals surface area (Å²) >= 11 is 1.84. The molecule has 3 heterocycles. The van der Waals surface area contributed by atoms with Crippen LogP contribution in [-0.4, -0.2) is 33.4 Å². The molecule has 0 amide bonds. The molecule has 1 aliphatic rings. The molecule has 3 aromatic rings. The van der Waals surface area contributed by atoms with Gasteiger partial charge >= 0.3 is 0 Å². The van der Waals surface area contributed by atoms with Gasteiger partial charge in [-0.2, -0.15) is 11.8 Å². The predicted molar refractivity (Wildman–Crippen MR) is 110 cm³/mol. The zero-order valence-corrected chi connectivity index (χ0v) is 16.0. The van der Waals surface area contributed by atoms with Gasteiger partial charge in [0.05, 0.1) is 28.0 Å². The maximum atomic E-state index is 12.4. The van der Waals surface area contributed by atoms with E-state index in [4.69, 9.17) is 4.74 Å². The lowest BCUT2D eigenvalue weighted by atomic mass is 10.2. The summed E-state index contributed by atoms with van der Waals surface area (Å²) in [4.78, 5) is 24.3. The van der Waals surface area contributed by atoms with E-state index < -0.39 is 0 Å². The van der Waals surface area contributed by atoms with Crippen LogP contribution in [-0.2, 0) is 10.5 Å². The van der Waals surface area contributed by atoms with Crippen molar-refractivity contribution in [1.82, 2.24) is 15.0 Å². The van der Waals surface area contributed by atoms with Gasteiger partial charge in [0.25, 0.3) is 5.56 Å². The van der Waals surface area contributed by atoms with E-state index in [2.05, 4.69) is 20.3 Å². The van der Waals surface area contributed by atoms with E-state index in [1.807, 2.05) is 49.0 Å². The Balaban J connectivity index is 1.56. The number of H-pyrrole nitrogens is 1. The number of hydrogen-bond donors (Lipinski definition) is 2. The van der Waals surface area contributed by atoms with Gasteiger partial charge in [-0.15, -0.1) is 0 Å². The highest BCUT2D eigenvalue weighted by Gasteiger charge is 2.15. The Bertz CT molecular complexity index is 999. The number of anilines is 2. The zero-order valence-electron chi connectivity index (χ0n) is 15.2. The molecule has 140 valence electrons. The van der Waals surface area contributed by atoms with Crippen molar-refractivity contribution in [2.75, 3.05) is 18.5 Å². The molecule has 1 fully saturated rings. The van der Waals surface area contributed by atoms with Gasteiger partial charge in [-0.3, -0.25) is 9.78 Å². The Morgan fingerprint density at radius 1 is 1.30 bits per heavy atom. The van der Waals surface area contributed by atoms with Crippen LogP contribution in [0.2, 0.25) is 0 Å². The zero-order chi connectivity index (χ0) is 18.6. The second-order valence-corrected chi connectivity index (χ2v) is 7.92. The molecule has 0 unspecified atom stereocenters. The maximum absolute atomic E-state index is 12.4. The SMILES string of the molecule is Cc1ncccc1Nc1ccc2c(=O)[nH]c(CSC3CCOCC3)nc2c1. The Morgan fingerprint density at radius 2 is 2.15 bits per heavy atom. The number of ether oxygens (including phenoxy) is 1. The van der Waals surface area contributed by atoms with E-state index in [1.165, 1.54) is 0 Å². The summed E-state index contributed by atoms with van der Waals surface area (Å²) in [6.45, 7) is 3.60. The first-order valence-corrected chi connectivity index (χ1v) is 10.1. The van der Waals surface area contributed by atoms with Gasteiger partial charge in [-0.05, 0) is 50.1 Å². The topological polar surface area (TPSA) is 79.9 Å². The number of nitrogens with zero attached hydrogens (tertiary/aromatic N) is 2. The number of nitrogens with one attached hydrogen (secondary N) is 2. The molecule has 0 radical (unpaired) electrons. The van der Waals surface area contributed by atoms with Crippen molar-refractivity contribution in [2.45, 2.75) is 30.8 Å². The fraction of sp³-hybridized carbons (Fsp3) is 0.350. The summed E-state index contributed by atoms with van der Waals surface area (Å²) < 4.78 is 5.40. The summed E-state index contributed by atoms with van der Waals surface area (Å²) in [6, 6.07) is 9.49. The van der Waals surface area contributed by atoms with Gasteiger partial charge in [-0.1, -0.05) is 0 Å². The van der Waals surface area contributed by atoms with Gasteiger partial charge in [-0.25, -0.2) is 4.98 Å². The molecule has 0 atom stereocenters. The van der Waals surface area contributed by atoms with E-state index in [0.717, 1.165) is 48.9 Å². The monoisotopic (exact) mass is 382 g/mol. The smallest absolute Gasteiger partial charge is 0.258 e. The number of hydrogen-bond acceptors (Lipinski definition) is 6. The van der Waals surface area contributed by atoms with Gasteiger partial charge in [0.15, 0.2) is 0 Å². The first-order chi connectivity index (χ1) is 13.2. The van der Waals surface area contributed by atoms with Crippen LogP contribution in [0.25, 0.3) is 10.9 Å². The van der Waals surface area contributed by atoms with Crippen molar-refractivity contribution >= 4 is 34.0 Å². The van der Waals surface area contributed by atoms with E-state index in [0.29, 0.717) is 21.9 Å². The van der Waals surface area contributed by atoms with Crippen LogP contribution in [0.15, 0.2) is 41.3 Å². The third-order valence-corrected chi connectivity index (χ3v) is 6.05. The first kappa shape index (κ1) is 18.0. The highest BCUT2D eigenvalue weighted by molar-refractivity contribution is 7.99. The summed E-state index contributed by atoms with van der Waals surface area (Å²) in [5.74, 6) is 1.42. The molecule has 1 aromatic carbocycles. The predicted octanol–water partition coefficient (Wildman–Crippen LogP) is 3.78. The number of benzene rings is 1. The van der Waals surface area contributed by atoms with Crippen LogP contribution in [0.4, 0.5) is 11.4 Å².